The lowest BCUT2D eigenvalue weighted by Crippen LogP contribution is -2.25. The van der Waals surface area contributed by atoms with E-state index >= 15 is 0 Å². The van der Waals surface area contributed by atoms with Crippen LogP contribution in [0.3, 0.4) is 0 Å². The highest BCUT2D eigenvalue weighted by atomic mass is 16.2. The number of benzene rings is 10. The van der Waals surface area contributed by atoms with Crippen LogP contribution in [0.4, 0.5) is 80.8 Å². The third-order valence-electron chi connectivity index (χ3n) is 11.7. The van der Waals surface area contributed by atoms with Gasteiger partial charge in [0.15, 0.2) is 0 Å². The highest BCUT2D eigenvalue weighted by molar-refractivity contribution is 6.14. The highest BCUT2D eigenvalue weighted by Crippen LogP contribution is 2.32. The fraction of sp³-hybridized carbons (Fsp3) is 0. The molecule has 0 saturated heterocycles. The number of anilines is 10. The highest BCUT2D eigenvalue weighted by Gasteiger charge is 2.17. The number of fused-ring (bicyclic) bond motifs is 4. The number of carbonyl (C=O) groups is 5. The van der Waals surface area contributed by atoms with Gasteiger partial charge in [0, 0.05) is 10.8 Å². The number of rotatable bonds is 10. The number of amides is 10. The normalized spacial score (nSPS) is 10.8. The van der Waals surface area contributed by atoms with E-state index in [0.717, 1.165) is 43.1 Å². The third-order valence-corrected chi connectivity index (χ3v) is 11.7. The minimum Gasteiger partial charge on any atom is -0.307 e. The van der Waals surface area contributed by atoms with Gasteiger partial charge in [0.25, 0.3) is 0 Å². The van der Waals surface area contributed by atoms with Gasteiger partial charge in [-0.25, -0.2) is 24.0 Å². The lowest BCUT2D eigenvalue weighted by Gasteiger charge is -2.17. The number of para-hydroxylation sites is 8. The van der Waals surface area contributed by atoms with Crippen molar-refractivity contribution in [3.8, 4) is 0 Å². The van der Waals surface area contributed by atoms with Crippen LogP contribution in [0.1, 0.15) is 0 Å². The molecular weight excluding hydrogens is 905 g/mol. The zero-order valence-corrected chi connectivity index (χ0v) is 38.2. The number of hydrogen-bond acceptors (Lipinski definition) is 5. The molecule has 10 aromatic carbocycles. The van der Waals surface area contributed by atoms with Crippen LogP contribution in [-0.2, 0) is 0 Å². The molecule has 0 aliphatic heterocycles. The predicted octanol–water partition coefficient (Wildman–Crippen LogP) is 14.5. The van der Waals surface area contributed by atoms with Crippen LogP contribution in [0.15, 0.2) is 206 Å². The SMILES string of the molecule is O=C(Nc1ccccc1NC(=O)Nc1ccccc1NC(=O)Nc1cccc2cc3ccccc3cc12)Nc1ccccc1NC(=O)Nc1ccccc1NC(=O)Nc1cccc2cc3ccccc3cc12. The standard InChI is InChI=1S/C57H44N10O5/c68-53(58-43-29-13-19-39-31-35-15-1-3-17-37(35)33-41(39)43)60-45-21-5-7-23-47(45)62-55(70)64-49-25-9-11-27-51(49)66-57(72)67-52-28-12-10-26-50(52)65-56(71)63-48-24-8-6-22-46(48)61-54(69)59-44-30-14-20-40-32-36-16-2-4-18-38(36)34-42(40)44/h1-34H,(H2,58,60,68)(H2,59,61,69)(H2,62,64,70)(H2,63,65,71)(H2,66,67,72). The molecule has 0 spiro atoms. The van der Waals surface area contributed by atoms with Crippen LogP contribution in [0.5, 0.6) is 0 Å². The first-order valence-electron chi connectivity index (χ1n) is 22.8. The minimum absolute atomic E-state index is 0.268. The minimum atomic E-state index is -0.667. The Hall–Kier alpha value is -10.4. The molecule has 0 aromatic heterocycles. The van der Waals surface area contributed by atoms with Gasteiger partial charge in [-0.1, -0.05) is 121 Å². The average molecular weight is 949 g/mol. The maximum absolute atomic E-state index is 13.5. The van der Waals surface area contributed by atoms with Crippen LogP contribution in [0.25, 0.3) is 43.1 Å². The Morgan fingerprint density at radius 3 is 0.625 bits per heavy atom. The molecule has 0 saturated carbocycles. The average Bonchev–Trinajstić information content (AvgIpc) is 3.38. The molecule has 72 heavy (non-hydrogen) atoms. The number of urea groups is 5. The van der Waals surface area contributed by atoms with E-state index in [2.05, 4.69) is 65.3 Å². The van der Waals surface area contributed by atoms with E-state index in [0.29, 0.717) is 34.1 Å². The first-order chi connectivity index (χ1) is 35.2. The molecule has 15 nitrogen and oxygen atoms in total. The van der Waals surface area contributed by atoms with Gasteiger partial charge in [0.2, 0.25) is 0 Å². The molecule has 10 N–H and O–H groups in total. The summed E-state index contributed by atoms with van der Waals surface area (Å²) in [5.74, 6) is 0. The zero-order chi connectivity index (χ0) is 49.4. The number of hydrogen-bond donors (Lipinski definition) is 10. The van der Waals surface area contributed by atoms with Crippen molar-refractivity contribution < 1.29 is 24.0 Å². The monoisotopic (exact) mass is 948 g/mol. The van der Waals surface area contributed by atoms with Crippen molar-refractivity contribution >= 4 is 130 Å². The molecule has 0 fully saturated rings. The van der Waals surface area contributed by atoms with Gasteiger partial charge in [-0.15, -0.1) is 0 Å². The molecule has 0 unspecified atom stereocenters. The van der Waals surface area contributed by atoms with Crippen molar-refractivity contribution in [3.63, 3.8) is 0 Å². The van der Waals surface area contributed by atoms with Crippen molar-refractivity contribution in [3.05, 3.63) is 206 Å². The molecule has 15 heteroatoms. The Morgan fingerprint density at radius 2 is 0.375 bits per heavy atom. The summed E-state index contributed by atoms with van der Waals surface area (Å²) in [5, 5.41) is 36.2. The van der Waals surface area contributed by atoms with Gasteiger partial charge in [-0.3, -0.25) is 0 Å². The molecule has 10 aromatic rings. The second-order valence-corrected chi connectivity index (χ2v) is 16.5. The summed E-state index contributed by atoms with van der Waals surface area (Å²) in [4.78, 5) is 67.1. The van der Waals surface area contributed by atoms with Crippen molar-refractivity contribution in [2.45, 2.75) is 0 Å². The summed E-state index contributed by atoms with van der Waals surface area (Å²) >= 11 is 0. The fourth-order valence-corrected chi connectivity index (χ4v) is 8.34. The lowest BCUT2D eigenvalue weighted by atomic mass is 10.0. The quantitative estimate of drug-likeness (QED) is 0.0606. The fourth-order valence-electron chi connectivity index (χ4n) is 8.34. The van der Waals surface area contributed by atoms with Crippen molar-refractivity contribution in [2.24, 2.45) is 0 Å². The van der Waals surface area contributed by atoms with Gasteiger partial charge in [-0.05, 0) is 117 Å². The Morgan fingerprint density at radius 1 is 0.194 bits per heavy atom. The van der Waals surface area contributed by atoms with E-state index in [1.165, 1.54) is 0 Å². The maximum Gasteiger partial charge on any atom is 0.323 e. The van der Waals surface area contributed by atoms with Gasteiger partial charge < -0.3 is 53.2 Å². The zero-order valence-electron chi connectivity index (χ0n) is 38.2. The van der Waals surface area contributed by atoms with Gasteiger partial charge in [0.05, 0.1) is 56.9 Å². The molecule has 0 atom stereocenters. The molecular formula is C57H44N10O5. The summed E-state index contributed by atoms with van der Waals surface area (Å²) in [6, 6.07) is 59.4. The summed E-state index contributed by atoms with van der Waals surface area (Å²) in [5.41, 5.74) is 3.66. The summed E-state index contributed by atoms with van der Waals surface area (Å²) < 4.78 is 0. The van der Waals surface area contributed by atoms with E-state index in [1.54, 1.807) is 97.1 Å². The molecule has 10 amide bonds. The Kier molecular flexibility index (Phi) is 12.9. The largest absolute Gasteiger partial charge is 0.323 e. The van der Waals surface area contributed by atoms with Crippen LogP contribution in [-0.4, -0.2) is 30.2 Å². The predicted molar refractivity (Wildman–Crippen MR) is 292 cm³/mol. The van der Waals surface area contributed by atoms with E-state index in [4.69, 9.17) is 0 Å². The second kappa shape index (κ2) is 20.4. The Balaban J connectivity index is 0.746. The first kappa shape index (κ1) is 45.4. The number of nitrogens with one attached hydrogen (secondary N) is 10. The topological polar surface area (TPSA) is 206 Å². The molecule has 0 aliphatic rings. The number of carbonyl (C=O) groups excluding carboxylic acids is 5. The van der Waals surface area contributed by atoms with Crippen molar-refractivity contribution in [2.75, 3.05) is 53.2 Å². The van der Waals surface area contributed by atoms with Crippen molar-refractivity contribution in [1.82, 2.24) is 0 Å². The molecule has 0 bridgehead atoms. The van der Waals surface area contributed by atoms with Gasteiger partial charge in [0.1, 0.15) is 0 Å². The summed E-state index contributed by atoms with van der Waals surface area (Å²) in [7, 11) is 0. The van der Waals surface area contributed by atoms with E-state index in [9.17, 15) is 24.0 Å². The van der Waals surface area contributed by atoms with Crippen LogP contribution < -0.4 is 53.2 Å². The molecule has 0 heterocycles. The molecule has 0 aliphatic carbocycles. The molecule has 10 rings (SSSR count). The summed E-state index contributed by atoms with van der Waals surface area (Å²) in [6.07, 6.45) is 0. The van der Waals surface area contributed by atoms with Gasteiger partial charge >= 0.3 is 30.2 Å². The second-order valence-electron chi connectivity index (χ2n) is 16.5. The maximum atomic E-state index is 13.5. The smallest absolute Gasteiger partial charge is 0.307 e. The first-order valence-corrected chi connectivity index (χ1v) is 22.8. The molecule has 0 radical (unpaired) electrons. The Labute approximate surface area is 412 Å². The van der Waals surface area contributed by atoms with Crippen LogP contribution >= 0.6 is 0 Å². The lowest BCUT2D eigenvalue weighted by molar-refractivity contribution is 0.260. The molecule has 352 valence electrons. The van der Waals surface area contributed by atoms with Crippen molar-refractivity contribution in [1.29, 1.82) is 0 Å². The Bertz CT molecular complexity index is 3510. The third kappa shape index (κ3) is 10.5. The van der Waals surface area contributed by atoms with Gasteiger partial charge in [-0.2, -0.15) is 0 Å². The van der Waals surface area contributed by atoms with Crippen LogP contribution in [0, 0.1) is 0 Å². The van der Waals surface area contributed by atoms with E-state index < -0.39 is 30.2 Å². The summed E-state index contributed by atoms with van der Waals surface area (Å²) in [6.45, 7) is 0. The van der Waals surface area contributed by atoms with E-state index in [-0.39, 0.29) is 22.7 Å². The van der Waals surface area contributed by atoms with E-state index in [1.807, 2.05) is 97.1 Å². The van der Waals surface area contributed by atoms with Crippen LogP contribution in [0.2, 0.25) is 0 Å².